The first kappa shape index (κ1) is 19.1. The van der Waals surface area contributed by atoms with Gasteiger partial charge >= 0.3 is 0 Å². The highest BCUT2D eigenvalue weighted by atomic mass is 32.2. The number of hydrogen-bond acceptors (Lipinski definition) is 4. The minimum atomic E-state index is -3.40. The zero-order valence-corrected chi connectivity index (χ0v) is 16.8. The lowest BCUT2D eigenvalue weighted by atomic mass is 10.1. The van der Waals surface area contributed by atoms with Crippen molar-refractivity contribution in [1.29, 1.82) is 0 Å². The van der Waals surface area contributed by atoms with Crippen molar-refractivity contribution in [2.45, 2.75) is 43.9 Å². The number of carbonyl (C=O) groups is 1. The molecule has 1 fully saturated rings. The molecule has 1 N–H and O–H groups in total. The number of rotatable bonds is 6. The van der Waals surface area contributed by atoms with Gasteiger partial charge in [0.15, 0.2) is 0 Å². The molecule has 5 nitrogen and oxygen atoms in total. The Morgan fingerprint density at radius 1 is 1.15 bits per heavy atom. The molecule has 140 valence electrons. The molecule has 0 aliphatic carbocycles. The van der Waals surface area contributed by atoms with E-state index >= 15 is 0 Å². The van der Waals surface area contributed by atoms with Crippen LogP contribution in [0.15, 0.2) is 34.5 Å². The SMILES string of the molecule is Cc1ccc(CNC(=O)Cc2ccc(S(=O)(=O)N3CCCC3)s2)c(C)c1. The van der Waals surface area contributed by atoms with Gasteiger partial charge in [-0.05, 0) is 49.9 Å². The second-order valence-corrected chi connectivity index (χ2v) is 10.0. The second kappa shape index (κ2) is 7.90. The minimum absolute atomic E-state index is 0.100. The summed E-state index contributed by atoms with van der Waals surface area (Å²) in [6.45, 7) is 5.73. The zero-order valence-electron chi connectivity index (χ0n) is 15.1. The number of carbonyl (C=O) groups excluding carboxylic acids is 1. The van der Waals surface area contributed by atoms with Gasteiger partial charge in [-0.3, -0.25) is 4.79 Å². The summed E-state index contributed by atoms with van der Waals surface area (Å²) in [6, 6.07) is 9.51. The fourth-order valence-corrected chi connectivity index (χ4v) is 6.13. The van der Waals surface area contributed by atoms with Gasteiger partial charge in [-0.1, -0.05) is 23.8 Å². The van der Waals surface area contributed by atoms with Crippen molar-refractivity contribution >= 4 is 27.3 Å². The molecule has 0 radical (unpaired) electrons. The van der Waals surface area contributed by atoms with Crippen LogP contribution in [-0.4, -0.2) is 31.7 Å². The molecule has 2 heterocycles. The van der Waals surface area contributed by atoms with Crippen LogP contribution in [0.5, 0.6) is 0 Å². The molecule has 0 bridgehead atoms. The van der Waals surface area contributed by atoms with Gasteiger partial charge in [-0.2, -0.15) is 4.31 Å². The number of benzene rings is 1. The van der Waals surface area contributed by atoms with Gasteiger partial charge in [0.05, 0.1) is 6.42 Å². The fourth-order valence-electron chi connectivity index (χ4n) is 3.11. The van der Waals surface area contributed by atoms with E-state index in [2.05, 4.69) is 11.4 Å². The van der Waals surface area contributed by atoms with Crippen LogP contribution >= 0.6 is 11.3 Å². The number of sulfonamides is 1. The maximum Gasteiger partial charge on any atom is 0.252 e. The third-order valence-electron chi connectivity index (χ3n) is 4.61. The molecule has 1 aliphatic heterocycles. The molecule has 3 rings (SSSR count). The van der Waals surface area contributed by atoms with Crippen LogP contribution in [0.4, 0.5) is 0 Å². The zero-order chi connectivity index (χ0) is 18.7. The maximum absolute atomic E-state index is 12.5. The van der Waals surface area contributed by atoms with Crippen LogP contribution < -0.4 is 5.32 Å². The highest BCUT2D eigenvalue weighted by molar-refractivity contribution is 7.91. The second-order valence-electron chi connectivity index (χ2n) is 6.72. The Morgan fingerprint density at radius 3 is 2.58 bits per heavy atom. The molecule has 1 saturated heterocycles. The Hall–Kier alpha value is -1.70. The van der Waals surface area contributed by atoms with E-state index in [1.807, 2.05) is 26.0 Å². The van der Waals surface area contributed by atoms with Gasteiger partial charge in [0, 0.05) is 24.5 Å². The number of nitrogens with zero attached hydrogens (tertiary/aromatic N) is 1. The number of hydrogen-bond donors (Lipinski definition) is 1. The topological polar surface area (TPSA) is 66.5 Å². The van der Waals surface area contributed by atoms with Gasteiger partial charge in [-0.25, -0.2) is 8.42 Å². The molecule has 0 saturated carbocycles. The normalized spacial score (nSPS) is 15.3. The first-order valence-electron chi connectivity index (χ1n) is 8.78. The third-order valence-corrected chi connectivity index (χ3v) is 8.06. The van der Waals surface area contributed by atoms with Gasteiger partial charge in [0.2, 0.25) is 5.91 Å². The van der Waals surface area contributed by atoms with Crippen molar-refractivity contribution in [2.24, 2.45) is 0 Å². The molecule has 1 amide bonds. The fraction of sp³-hybridized carbons (Fsp3) is 0.421. The Kier molecular flexibility index (Phi) is 5.79. The third kappa shape index (κ3) is 4.34. The van der Waals surface area contributed by atoms with Crippen LogP contribution in [-0.2, 0) is 27.8 Å². The summed E-state index contributed by atoms with van der Waals surface area (Å²) < 4.78 is 27.0. The molecule has 0 atom stereocenters. The standard InChI is InChI=1S/C19H24N2O3S2/c1-14-5-6-16(15(2)11-14)13-20-18(22)12-17-7-8-19(25-17)26(23,24)21-9-3-4-10-21/h5-8,11H,3-4,9-10,12-13H2,1-2H3,(H,20,22). The molecule has 26 heavy (non-hydrogen) atoms. The molecule has 1 aromatic heterocycles. The van der Waals surface area contributed by atoms with Crippen molar-refractivity contribution in [3.8, 4) is 0 Å². The first-order chi connectivity index (χ1) is 12.4. The summed E-state index contributed by atoms with van der Waals surface area (Å²) in [5.74, 6) is -0.100. The summed E-state index contributed by atoms with van der Waals surface area (Å²) in [6.07, 6.45) is 2.03. The Balaban J connectivity index is 1.59. The first-order valence-corrected chi connectivity index (χ1v) is 11.0. The molecule has 0 spiro atoms. The lowest BCUT2D eigenvalue weighted by Crippen LogP contribution is -2.27. The van der Waals surface area contributed by atoms with E-state index in [1.54, 1.807) is 12.1 Å². The average Bonchev–Trinajstić information content (AvgIpc) is 3.26. The molecule has 1 aromatic carbocycles. The number of amides is 1. The smallest absolute Gasteiger partial charge is 0.252 e. The molecule has 0 unspecified atom stereocenters. The summed E-state index contributed by atoms with van der Waals surface area (Å²) in [7, 11) is -3.40. The van der Waals surface area contributed by atoms with E-state index in [1.165, 1.54) is 21.2 Å². The summed E-state index contributed by atoms with van der Waals surface area (Å²) in [4.78, 5) is 13.0. The maximum atomic E-state index is 12.5. The van der Waals surface area contributed by atoms with Crippen LogP contribution in [0.1, 0.15) is 34.4 Å². The van der Waals surface area contributed by atoms with Gasteiger partial charge in [0.1, 0.15) is 4.21 Å². The predicted molar refractivity (Wildman–Crippen MR) is 104 cm³/mol. The lowest BCUT2D eigenvalue weighted by molar-refractivity contribution is -0.120. The molecule has 2 aromatic rings. The quantitative estimate of drug-likeness (QED) is 0.822. The number of aryl methyl sites for hydroxylation is 2. The van der Waals surface area contributed by atoms with Crippen molar-refractivity contribution in [3.05, 3.63) is 51.9 Å². The van der Waals surface area contributed by atoms with E-state index in [0.29, 0.717) is 23.8 Å². The summed E-state index contributed by atoms with van der Waals surface area (Å²) in [5, 5.41) is 2.92. The Bertz CT molecular complexity index is 897. The predicted octanol–water partition coefficient (Wildman–Crippen LogP) is 3.01. The monoisotopic (exact) mass is 392 g/mol. The van der Waals surface area contributed by atoms with Gasteiger partial charge in [0.25, 0.3) is 10.0 Å². The van der Waals surface area contributed by atoms with Crippen LogP contribution in [0, 0.1) is 13.8 Å². The largest absolute Gasteiger partial charge is 0.352 e. The lowest BCUT2D eigenvalue weighted by Gasteiger charge is -2.13. The van der Waals surface area contributed by atoms with Gasteiger partial charge in [-0.15, -0.1) is 11.3 Å². The van der Waals surface area contributed by atoms with E-state index in [9.17, 15) is 13.2 Å². The molecule has 7 heteroatoms. The Morgan fingerprint density at radius 2 is 1.88 bits per heavy atom. The Labute approximate surface area is 159 Å². The van der Waals surface area contributed by atoms with Crippen molar-refractivity contribution < 1.29 is 13.2 Å². The van der Waals surface area contributed by atoms with Crippen LogP contribution in [0.2, 0.25) is 0 Å². The van der Waals surface area contributed by atoms with E-state index in [0.717, 1.165) is 28.8 Å². The van der Waals surface area contributed by atoms with Crippen LogP contribution in [0.25, 0.3) is 0 Å². The summed E-state index contributed by atoms with van der Waals surface area (Å²) in [5.41, 5.74) is 3.44. The van der Waals surface area contributed by atoms with E-state index in [4.69, 9.17) is 0 Å². The van der Waals surface area contributed by atoms with Crippen molar-refractivity contribution in [2.75, 3.05) is 13.1 Å². The van der Waals surface area contributed by atoms with Crippen LogP contribution in [0.3, 0.4) is 0 Å². The van der Waals surface area contributed by atoms with E-state index in [-0.39, 0.29) is 12.3 Å². The average molecular weight is 393 g/mol. The minimum Gasteiger partial charge on any atom is -0.352 e. The number of nitrogens with one attached hydrogen (secondary N) is 1. The molecule has 1 aliphatic rings. The summed E-state index contributed by atoms with van der Waals surface area (Å²) >= 11 is 1.19. The number of thiophene rings is 1. The van der Waals surface area contributed by atoms with E-state index < -0.39 is 10.0 Å². The molecular weight excluding hydrogens is 368 g/mol. The highest BCUT2D eigenvalue weighted by Gasteiger charge is 2.28. The van der Waals surface area contributed by atoms with Crippen molar-refractivity contribution in [3.63, 3.8) is 0 Å². The van der Waals surface area contributed by atoms with Crippen molar-refractivity contribution in [1.82, 2.24) is 9.62 Å². The highest BCUT2D eigenvalue weighted by Crippen LogP contribution is 2.27. The van der Waals surface area contributed by atoms with Gasteiger partial charge < -0.3 is 5.32 Å². The molecular formula is C19H24N2O3S2.